The zero-order valence-electron chi connectivity index (χ0n) is 17.8. The van der Waals surface area contributed by atoms with E-state index < -0.39 is 22.1 Å². The van der Waals surface area contributed by atoms with Gasteiger partial charge in [-0.05, 0) is 36.3 Å². The van der Waals surface area contributed by atoms with Crippen molar-refractivity contribution in [3.8, 4) is 0 Å². The molecule has 0 radical (unpaired) electrons. The standard InChI is InChI=1S/C23H26N2O6S/c1-2-30-22(26)13-10-19-8-11-21(12-9-19)32(28,29)25-16-14-24(15-17-25)23(27)31-18-20-6-4-3-5-7-20/h3-13H,2,14-18H2,1H3/b13-10+. The number of piperazine rings is 1. The Morgan fingerprint density at radius 3 is 2.22 bits per heavy atom. The lowest BCUT2D eigenvalue weighted by Crippen LogP contribution is -2.50. The normalized spacial score (nSPS) is 15.0. The number of sulfonamides is 1. The summed E-state index contributed by atoms with van der Waals surface area (Å²) < 4.78 is 37.4. The van der Waals surface area contributed by atoms with Crippen molar-refractivity contribution in [3.05, 3.63) is 71.8 Å². The highest BCUT2D eigenvalue weighted by Crippen LogP contribution is 2.19. The molecule has 32 heavy (non-hydrogen) atoms. The third-order valence-electron chi connectivity index (χ3n) is 4.92. The van der Waals surface area contributed by atoms with Gasteiger partial charge in [-0.15, -0.1) is 0 Å². The third-order valence-corrected chi connectivity index (χ3v) is 6.83. The smallest absolute Gasteiger partial charge is 0.410 e. The highest BCUT2D eigenvalue weighted by Gasteiger charge is 2.30. The molecule has 3 rings (SSSR count). The Bertz CT molecular complexity index is 1040. The van der Waals surface area contributed by atoms with Crippen molar-refractivity contribution in [1.29, 1.82) is 0 Å². The number of amides is 1. The molecule has 0 N–H and O–H groups in total. The summed E-state index contributed by atoms with van der Waals surface area (Å²) >= 11 is 0. The zero-order chi connectivity index (χ0) is 23.0. The lowest BCUT2D eigenvalue weighted by Gasteiger charge is -2.33. The molecule has 1 fully saturated rings. The molecule has 1 aliphatic heterocycles. The van der Waals surface area contributed by atoms with E-state index in [9.17, 15) is 18.0 Å². The second-order valence-electron chi connectivity index (χ2n) is 7.09. The van der Waals surface area contributed by atoms with Crippen LogP contribution in [0.2, 0.25) is 0 Å². The van der Waals surface area contributed by atoms with Crippen LogP contribution < -0.4 is 0 Å². The van der Waals surface area contributed by atoms with Gasteiger partial charge in [0.15, 0.2) is 0 Å². The van der Waals surface area contributed by atoms with Gasteiger partial charge in [0.2, 0.25) is 10.0 Å². The van der Waals surface area contributed by atoms with Crippen molar-refractivity contribution >= 4 is 28.2 Å². The second-order valence-corrected chi connectivity index (χ2v) is 9.02. The van der Waals surface area contributed by atoms with Gasteiger partial charge in [-0.2, -0.15) is 4.31 Å². The maximum Gasteiger partial charge on any atom is 0.410 e. The third kappa shape index (κ3) is 6.18. The first-order valence-electron chi connectivity index (χ1n) is 10.3. The van der Waals surface area contributed by atoms with Gasteiger partial charge in [-0.1, -0.05) is 42.5 Å². The van der Waals surface area contributed by atoms with E-state index in [1.54, 1.807) is 25.1 Å². The number of esters is 1. The molecule has 0 atom stereocenters. The van der Waals surface area contributed by atoms with E-state index in [1.165, 1.54) is 27.4 Å². The molecule has 1 saturated heterocycles. The van der Waals surface area contributed by atoms with E-state index in [-0.39, 0.29) is 37.7 Å². The number of nitrogens with zero attached hydrogens (tertiary/aromatic N) is 2. The van der Waals surface area contributed by atoms with Gasteiger partial charge in [0.25, 0.3) is 0 Å². The Labute approximate surface area is 188 Å². The van der Waals surface area contributed by atoms with Gasteiger partial charge in [0.1, 0.15) is 6.61 Å². The summed E-state index contributed by atoms with van der Waals surface area (Å²) in [7, 11) is -3.68. The van der Waals surface area contributed by atoms with Crippen molar-refractivity contribution < 1.29 is 27.5 Å². The van der Waals surface area contributed by atoms with E-state index in [2.05, 4.69) is 0 Å². The summed E-state index contributed by atoms with van der Waals surface area (Å²) in [5, 5.41) is 0. The topological polar surface area (TPSA) is 93.2 Å². The Kier molecular flexibility index (Phi) is 8.02. The average Bonchev–Trinajstić information content (AvgIpc) is 2.82. The molecule has 1 heterocycles. The number of rotatable bonds is 7. The van der Waals surface area contributed by atoms with E-state index in [0.29, 0.717) is 12.2 Å². The molecule has 170 valence electrons. The molecular formula is C23H26N2O6S. The van der Waals surface area contributed by atoms with Gasteiger partial charge < -0.3 is 14.4 Å². The van der Waals surface area contributed by atoms with Gasteiger partial charge in [-0.3, -0.25) is 0 Å². The lowest BCUT2D eigenvalue weighted by molar-refractivity contribution is -0.137. The molecule has 0 saturated carbocycles. The first kappa shape index (κ1) is 23.5. The Morgan fingerprint density at radius 2 is 1.59 bits per heavy atom. The minimum Gasteiger partial charge on any atom is -0.463 e. The number of ether oxygens (including phenoxy) is 2. The second kappa shape index (κ2) is 10.9. The van der Waals surface area contributed by atoms with E-state index in [0.717, 1.165) is 5.56 Å². The molecule has 0 aliphatic carbocycles. The molecule has 8 nitrogen and oxygen atoms in total. The first-order chi connectivity index (χ1) is 15.4. The van der Waals surface area contributed by atoms with Crippen molar-refractivity contribution in [2.75, 3.05) is 32.8 Å². The van der Waals surface area contributed by atoms with Crippen molar-refractivity contribution in [1.82, 2.24) is 9.21 Å². The molecule has 1 aliphatic rings. The predicted octanol–water partition coefficient (Wildman–Crippen LogP) is 2.91. The number of carbonyl (C=O) groups excluding carboxylic acids is 2. The highest BCUT2D eigenvalue weighted by molar-refractivity contribution is 7.89. The van der Waals surface area contributed by atoms with Crippen molar-refractivity contribution in [3.63, 3.8) is 0 Å². The summed E-state index contributed by atoms with van der Waals surface area (Å²) in [6, 6.07) is 15.6. The van der Waals surface area contributed by atoms with Crippen molar-refractivity contribution in [2.45, 2.75) is 18.4 Å². The van der Waals surface area contributed by atoms with E-state index in [4.69, 9.17) is 9.47 Å². The molecular weight excluding hydrogens is 432 g/mol. The molecule has 2 aromatic rings. The van der Waals surface area contributed by atoms with E-state index in [1.807, 2.05) is 30.3 Å². The van der Waals surface area contributed by atoms with Crippen molar-refractivity contribution in [2.24, 2.45) is 0 Å². The highest BCUT2D eigenvalue weighted by atomic mass is 32.2. The van der Waals surface area contributed by atoms with Crippen LogP contribution in [-0.4, -0.2) is 62.5 Å². The van der Waals surface area contributed by atoms with Crippen LogP contribution in [-0.2, 0) is 30.9 Å². The summed E-state index contributed by atoms with van der Waals surface area (Å²) in [4.78, 5) is 25.3. The molecule has 0 aromatic heterocycles. The van der Waals surface area contributed by atoms with E-state index >= 15 is 0 Å². The van der Waals surface area contributed by atoms with Gasteiger partial charge in [0.05, 0.1) is 11.5 Å². The lowest BCUT2D eigenvalue weighted by atomic mass is 10.2. The fourth-order valence-electron chi connectivity index (χ4n) is 3.18. The minimum atomic E-state index is -3.68. The average molecular weight is 459 g/mol. The van der Waals surface area contributed by atoms with Crippen LogP contribution in [0.3, 0.4) is 0 Å². The van der Waals surface area contributed by atoms with Crippen LogP contribution in [0.25, 0.3) is 6.08 Å². The number of hydrogen-bond acceptors (Lipinski definition) is 6. The Morgan fingerprint density at radius 1 is 0.938 bits per heavy atom. The molecule has 0 unspecified atom stereocenters. The maximum absolute atomic E-state index is 12.9. The summed E-state index contributed by atoms with van der Waals surface area (Å²) in [6.07, 6.45) is 2.40. The number of carbonyl (C=O) groups is 2. The largest absolute Gasteiger partial charge is 0.463 e. The van der Waals surface area contributed by atoms with Crippen LogP contribution in [0.1, 0.15) is 18.1 Å². The predicted molar refractivity (Wildman–Crippen MR) is 119 cm³/mol. The summed E-state index contributed by atoms with van der Waals surface area (Å²) in [5.74, 6) is -0.454. The van der Waals surface area contributed by atoms with Crippen LogP contribution >= 0.6 is 0 Å². The zero-order valence-corrected chi connectivity index (χ0v) is 18.7. The van der Waals surface area contributed by atoms with Crippen LogP contribution in [0, 0.1) is 0 Å². The molecule has 2 aromatic carbocycles. The minimum absolute atomic E-state index is 0.158. The molecule has 0 spiro atoms. The summed E-state index contributed by atoms with van der Waals surface area (Å²) in [6.45, 7) is 3.08. The van der Waals surface area contributed by atoms with Crippen LogP contribution in [0.4, 0.5) is 4.79 Å². The van der Waals surface area contributed by atoms with Gasteiger partial charge in [0, 0.05) is 32.3 Å². The fourth-order valence-corrected chi connectivity index (χ4v) is 4.60. The number of benzene rings is 2. The Balaban J connectivity index is 1.53. The summed E-state index contributed by atoms with van der Waals surface area (Å²) in [5.41, 5.74) is 1.57. The first-order valence-corrected chi connectivity index (χ1v) is 11.7. The maximum atomic E-state index is 12.9. The number of hydrogen-bond donors (Lipinski definition) is 0. The monoisotopic (exact) mass is 458 g/mol. The molecule has 9 heteroatoms. The fraction of sp³-hybridized carbons (Fsp3) is 0.304. The molecule has 0 bridgehead atoms. The van der Waals surface area contributed by atoms with Gasteiger partial charge in [-0.25, -0.2) is 18.0 Å². The quantitative estimate of drug-likeness (QED) is 0.468. The Hall–Kier alpha value is -3.17. The van der Waals surface area contributed by atoms with Crippen LogP contribution in [0.15, 0.2) is 65.6 Å². The van der Waals surface area contributed by atoms with Gasteiger partial charge >= 0.3 is 12.1 Å². The molecule has 1 amide bonds. The van der Waals surface area contributed by atoms with Crippen LogP contribution in [0.5, 0.6) is 0 Å². The SMILES string of the molecule is CCOC(=O)/C=C/c1ccc(S(=O)(=O)N2CCN(C(=O)OCc3ccccc3)CC2)cc1.